The summed E-state index contributed by atoms with van der Waals surface area (Å²) in [5.41, 5.74) is 6.78. The predicted molar refractivity (Wildman–Crippen MR) is 155 cm³/mol. The van der Waals surface area contributed by atoms with Crippen LogP contribution in [-0.4, -0.2) is 11.3 Å². The molecule has 3 nitrogen and oxygen atoms in total. The van der Waals surface area contributed by atoms with Crippen LogP contribution in [0.3, 0.4) is 0 Å². The summed E-state index contributed by atoms with van der Waals surface area (Å²) in [5, 5.41) is 3.36. The van der Waals surface area contributed by atoms with Gasteiger partial charge in [-0.3, -0.25) is 4.79 Å². The highest BCUT2D eigenvalue weighted by molar-refractivity contribution is 7.10. The van der Waals surface area contributed by atoms with Gasteiger partial charge in [-0.2, -0.15) is 0 Å². The molecule has 1 aromatic heterocycles. The average molecular weight is 522 g/mol. The summed E-state index contributed by atoms with van der Waals surface area (Å²) >= 11 is 1.76. The number of carbonyl (C=O) groups is 1. The van der Waals surface area contributed by atoms with Crippen molar-refractivity contribution in [1.29, 1.82) is 0 Å². The quantitative estimate of drug-likeness (QED) is 0.217. The van der Waals surface area contributed by atoms with E-state index in [0.29, 0.717) is 6.61 Å². The van der Waals surface area contributed by atoms with E-state index in [2.05, 4.69) is 53.9 Å². The second-order valence-electron chi connectivity index (χ2n) is 11.0. The standard InChI is InChI=1S/C34H35NO2S/c36-22-25-10-16-30(17-11-25)34(20-4-5-21-34)33-35-32(24-38-33)29-14-18-31(19-15-29)37-23-26-8-12-28(13-9-26)27-6-2-1-3-7-27/h8-19,22,24,27H,1-7,20-21,23H2. The number of hydrogen-bond acceptors (Lipinski definition) is 4. The number of aromatic nitrogens is 1. The highest BCUT2D eigenvalue weighted by Crippen LogP contribution is 2.48. The fraction of sp³-hybridized carbons (Fsp3) is 0.353. The molecule has 194 valence electrons. The lowest BCUT2D eigenvalue weighted by atomic mass is 9.79. The van der Waals surface area contributed by atoms with E-state index in [1.807, 2.05) is 24.3 Å². The molecular weight excluding hydrogens is 486 g/mol. The van der Waals surface area contributed by atoms with Crippen molar-refractivity contribution in [3.63, 3.8) is 0 Å². The van der Waals surface area contributed by atoms with Crippen LogP contribution in [0, 0.1) is 0 Å². The molecule has 4 aromatic rings. The molecule has 0 radical (unpaired) electrons. The molecule has 4 heteroatoms. The van der Waals surface area contributed by atoms with Crippen molar-refractivity contribution in [2.75, 3.05) is 0 Å². The van der Waals surface area contributed by atoms with Gasteiger partial charge in [0.2, 0.25) is 0 Å². The summed E-state index contributed by atoms with van der Waals surface area (Å²) in [5.74, 6) is 1.62. The van der Waals surface area contributed by atoms with Gasteiger partial charge < -0.3 is 4.74 Å². The largest absolute Gasteiger partial charge is 0.489 e. The summed E-state index contributed by atoms with van der Waals surface area (Å²) in [6.07, 6.45) is 12.3. The van der Waals surface area contributed by atoms with Crippen LogP contribution in [0.2, 0.25) is 0 Å². The lowest BCUT2D eigenvalue weighted by Gasteiger charge is -2.27. The van der Waals surface area contributed by atoms with Crippen molar-refractivity contribution >= 4 is 17.6 Å². The maximum Gasteiger partial charge on any atom is 0.150 e. The Morgan fingerprint density at radius 2 is 1.55 bits per heavy atom. The molecule has 2 aliphatic rings. The Morgan fingerprint density at radius 3 is 2.24 bits per heavy atom. The van der Waals surface area contributed by atoms with Crippen molar-refractivity contribution in [3.8, 4) is 17.0 Å². The molecular formula is C34H35NO2S. The second kappa shape index (κ2) is 11.2. The third-order valence-electron chi connectivity index (χ3n) is 8.58. The molecule has 0 saturated heterocycles. The van der Waals surface area contributed by atoms with E-state index >= 15 is 0 Å². The fourth-order valence-corrected chi connectivity index (χ4v) is 7.43. The molecule has 6 rings (SSSR count). The van der Waals surface area contributed by atoms with Gasteiger partial charge in [0.15, 0.2) is 0 Å². The number of benzene rings is 3. The number of rotatable bonds is 8. The lowest BCUT2D eigenvalue weighted by Crippen LogP contribution is -2.23. The molecule has 0 bridgehead atoms. The van der Waals surface area contributed by atoms with Crippen LogP contribution in [0.15, 0.2) is 78.2 Å². The summed E-state index contributed by atoms with van der Waals surface area (Å²) in [7, 11) is 0. The zero-order valence-corrected chi connectivity index (χ0v) is 22.7. The monoisotopic (exact) mass is 521 g/mol. The van der Waals surface area contributed by atoms with E-state index in [1.54, 1.807) is 11.3 Å². The first-order chi connectivity index (χ1) is 18.7. The van der Waals surface area contributed by atoms with Crippen LogP contribution in [0.25, 0.3) is 11.3 Å². The minimum absolute atomic E-state index is 0.0417. The summed E-state index contributed by atoms with van der Waals surface area (Å²) in [4.78, 5) is 16.3. The van der Waals surface area contributed by atoms with Gasteiger partial charge in [-0.15, -0.1) is 11.3 Å². The Kier molecular flexibility index (Phi) is 7.42. The maximum absolute atomic E-state index is 11.1. The summed E-state index contributed by atoms with van der Waals surface area (Å²) in [6.45, 7) is 0.580. The first-order valence-electron chi connectivity index (χ1n) is 14.1. The molecule has 0 spiro atoms. The summed E-state index contributed by atoms with van der Waals surface area (Å²) < 4.78 is 6.10. The van der Waals surface area contributed by atoms with Gasteiger partial charge in [0.25, 0.3) is 0 Å². The highest BCUT2D eigenvalue weighted by Gasteiger charge is 2.40. The SMILES string of the molecule is O=Cc1ccc(C2(c3nc(-c4ccc(OCc5ccc(C6CCCCC6)cc5)cc4)cs3)CCCC2)cc1. The molecule has 0 unspecified atom stereocenters. The van der Waals surface area contributed by atoms with Crippen molar-refractivity contribution in [1.82, 2.24) is 4.98 Å². The molecule has 0 N–H and O–H groups in total. The Morgan fingerprint density at radius 1 is 0.842 bits per heavy atom. The number of nitrogens with zero attached hydrogens (tertiary/aromatic N) is 1. The molecule has 1 heterocycles. The summed E-state index contributed by atoms with van der Waals surface area (Å²) in [6, 6.07) is 25.5. The van der Waals surface area contributed by atoms with Gasteiger partial charge in [-0.1, -0.05) is 80.6 Å². The average Bonchev–Trinajstić information content (AvgIpc) is 3.69. The van der Waals surface area contributed by atoms with E-state index in [0.717, 1.165) is 47.6 Å². The molecule has 2 saturated carbocycles. The molecule has 2 fully saturated rings. The minimum Gasteiger partial charge on any atom is -0.489 e. The van der Waals surface area contributed by atoms with Gasteiger partial charge in [0.05, 0.1) is 5.69 Å². The van der Waals surface area contributed by atoms with Crippen LogP contribution < -0.4 is 4.74 Å². The zero-order chi connectivity index (χ0) is 25.8. The number of hydrogen-bond donors (Lipinski definition) is 0. The maximum atomic E-state index is 11.1. The van der Waals surface area contributed by atoms with Crippen LogP contribution in [0.5, 0.6) is 5.75 Å². The second-order valence-corrected chi connectivity index (χ2v) is 11.8. The first kappa shape index (κ1) is 25.1. The Balaban J connectivity index is 1.12. The van der Waals surface area contributed by atoms with Gasteiger partial charge >= 0.3 is 0 Å². The number of aldehydes is 1. The molecule has 0 aliphatic heterocycles. The Hall–Kier alpha value is -3.24. The van der Waals surface area contributed by atoms with Crippen LogP contribution in [0.4, 0.5) is 0 Å². The molecule has 38 heavy (non-hydrogen) atoms. The predicted octanol–water partition coefficient (Wildman–Crippen LogP) is 9.11. The van der Waals surface area contributed by atoms with Gasteiger partial charge in [0, 0.05) is 21.9 Å². The van der Waals surface area contributed by atoms with Crippen LogP contribution in [0.1, 0.15) is 95.8 Å². The van der Waals surface area contributed by atoms with Gasteiger partial charge in [0.1, 0.15) is 23.7 Å². The van der Waals surface area contributed by atoms with Crippen molar-refractivity contribution in [3.05, 3.63) is 105 Å². The van der Waals surface area contributed by atoms with Crippen LogP contribution >= 0.6 is 11.3 Å². The van der Waals surface area contributed by atoms with E-state index in [4.69, 9.17) is 9.72 Å². The molecule has 0 amide bonds. The minimum atomic E-state index is -0.0417. The van der Waals surface area contributed by atoms with E-state index in [-0.39, 0.29) is 5.41 Å². The number of thiazole rings is 1. The van der Waals surface area contributed by atoms with Gasteiger partial charge in [-0.05, 0) is 72.6 Å². The third kappa shape index (κ3) is 5.19. The Labute approximate surface area is 229 Å². The number of carbonyl (C=O) groups excluding carboxylic acids is 1. The van der Waals surface area contributed by atoms with E-state index in [1.165, 1.54) is 66.6 Å². The zero-order valence-electron chi connectivity index (χ0n) is 21.9. The Bertz CT molecular complexity index is 1340. The van der Waals surface area contributed by atoms with E-state index in [9.17, 15) is 4.79 Å². The topological polar surface area (TPSA) is 39.2 Å². The smallest absolute Gasteiger partial charge is 0.150 e. The molecule has 3 aromatic carbocycles. The third-order valence-corrected chi connectivity index (χ3v) is 9.63. The van der Waals surface area contributed by atoms with Crippen molar-refractivity contribution in [2.45, 2.75) is 75.7 Å². The molecule has 2 aliphatic carbocycles. The first-order valence-corrected chi connectivity index (χ1v) is 15.0. The highest BCUT2D eigenvalue weighted by atomic mass is 32.1. The van der Waals surface area contributed by atoms with Crippen molar-refractivity contribution < 1.29 is 9.53 Å². The van der Waals surface area contributed by atoms with Gasteiger partial charge in [-0.25, -0.2) is 4.98 Å². The molecule has 0 atom stereocenters. The number of ether oxygens (including phenoxy) is 1. The van der Waals surface area contributed by atoms with Crippen LogP contribution in [-0.2, 0) is 12.0 Å². The lowest BCUT2D eigenvalue weighted by molar-refractivity contribution is 0.112. The van der Waals surface area contributed by atoms with E-state index < -0.39 is 0 Å². The normalized spacial score (nSPS) is 17.4. The van der Waals surface area contributed by atoms with Crippen molar-refractivity contribution in [2.24, 2.45) is 0 Å². The fourth-order valence-electron chi connectivity index (χ4n) is 6.32.